The average Bonchev–Trinajstić information content (AvgIpc) is 2.99. The van der Waals surface area contributed by atoms with Crippen molar-refractivity contribution in [3.63, 3.8) is 0 Å². The average molecular weight is 421 g/mol. The third-order valence-corrected chi connectivity index (χ3v) is 5.23. The molecule has 160 valence electrons. The number of nitrogens with zero attached hydrogens (tertiary/aromatic N) is 1. The van der Waals surface area contributed by atoms with Crippen molar-refractivity contribution in [3.8, 4) is 0 Å². The summed E-state index contributed by atoms with van der Waals surface area (Å²) < 4.78 is 0. The second-order valence-corrected chi connectivity index (χ2v) is 7.21. The lowest BCUT2D eigenvalue weighted by Gasteiger charge is -2.27. The quantitative estimate of drug-likeness (QED) is 0.720. The molecule has 2 aliphatic rings. The van der Waals surface area contributed by atoms with Gasteiger partial charge in [0, 0.05) is 12.8 Å². The van der Waals surface area contributed by atoms with E-state index in [1.165, 1.54) is 6.07 Å². The summed E-state index contributed by atoms with van der Waals surface area (Å²) in [6, 6.07) is 13.1. The number of imide groups is 2. The van der Waals surface area contributed by atoms with Gasteiger partial charge in [0.05, 0.1) is 16.8 Å². The van der Waals surface area contributed by atoms with Gasteiger partial charge in [-0.15, -0.1) is 0 Å². The third-order valence-electron chi connectivity index (χ3n) is 5.23. The molecule has 2 aromatic carbocycles. The molecular weight excluding hydrogens is 398 g/mol. The van der Waals surface area contributed by atoms with Gasteiger partial charge in [0.25, 0.3) is 11.8 Å². The minimum atomic E-state index is -1.04. The predicted octanol–water partition coefficient (Wildman–Crippen LogP) is 2.30. The van der Waals surface area contributed by atoms with E-state index >= 15 is 0 Å². The third kappa shape index (κ3) is 4.23. The van der Waals surface area contributed by atoms with Crippen molar-refractivity contribution in [2.24, 2.45) is 0 Å². The standard InChI is InChI=1S/C22H19N3O5.CH4/c26-17(11-9-13-5-2-1-3-6-13)23-15-8-4-7-14-19(15)22(30)25(21(14)29)16-10-12-18(27)24-20(16)28;/h1-8,16H,9-12H2,(H,23,26)(H,24,27,28);1H4. The van der Waals surface area contributed by atoms with Crippen LogP contribution >= 0.6 is 0 Å². The number of nitrogens with one attached hydrogen (secondary N) is 2. The summed E-state index contributed by atoms with van der Waals surface area (Å²) in [5.74, 6) is -2.64. The molecule has 0 bridgehead atoms. The fourth-order valence-corrected chi connectivity index (χ4v) is 3.73. The van der Waals surface area contributed by atoms with Crippen LogP contribution in [0.2, 0.25) is 0 Å². The maximum Gasteiger partial charge on any atom is 0.264 e. The van der Waals surface area contributed by atoms with E-state index in [1.54, 1.807) is 12.1 Å². The van der Waals surface area contributed by atoms with Crippen LogP contribution in [0.5, 0.6) is 0 Å². The highest BCUT2D eigenvalue weighted by Gasteiger charge is 2.45. The molecule has 8 nitrogen and oxygen atoms in total. The van der Waals surface area contributed by atoms with Gasteiger partial charge in [0.1, 0.15) is 6.04 Å². The Balaban J connectivity index is 0.00000272. The van der Waals surface area contributed by atoms with E-state index < -0.39 is 29.7 Å². The van der Waals surface area contributed by atoms with Crippen molar-refractivity contribution in [3.05, 3.63) is 65.2 Å². The molecule has 2 aliphatic heterocycles. The smallest absolute Gasteiger partial charge is 0.264 e. The number of benzene rings is 2. The van der Waals surface area contributed by atoms with Gasteiger partial charge in [-0.05, 0) is 30.5 Å². The lowest BCUT2D eigenvalue weighted by atomic mass is 10.0. The maximum absolute atomic E-state index is 13.0. The highest BCUT2D eigenvalue weighted by molar-refractivity contribution is 6.26. The number of aryl methyl sites for hydroxylation is 1. The summed E-state index contributed by atoms with van der Waals surface area (Å²) in [4.78, 5) is 62.7. The van der Waals surface area contributed by atoms with Crippen molar-refractivity contribution >= 4 is 35.2 Å². The van der Waals surface area contributed by atoms with Crippen LogP contribution in [0.15, 0.2) is 48.5 Å². The van der Waals surface area contributed by atoms with Gasteiger partial charge in [-0.2, -0.15) is 0 Å². The van der Waals surface area contributed by atoms with Crippen molar-refractivity contribution in [2.45, 2.75) is 39.2 Å². The fourth-order valence-electron chi connectivity index (χ4n) is 3.73. The summed E-state index contributed by atoms with van der Waals surface area (Å²) >= 11 is 0. The Hall–Kier alpha value is -3.81. The van der Waals surface area contributed by atoms with Crippen molar-refractivity contribution in [1.29, 1.82) is 0 Å². The Bertz CT molecular complexity index is 1060. The summed E-state index contributed by atoms with van der Waals surface area (Å²) in [7, 11) is 0. The van der Waals surface area contributed by atoms with Crippen LogP contribution in [0.25, 0.3) is 0 Å². The molecule has 5 amide bonds. The number of fused-ring (bicyclic) bond motifs is 1. The first kappa shape index (κ1) is 21.9. The topological polar surface area (TPSA) is 113 Å². The van der Waals surface area contributed by atoms with E-state index in [9.17, 15) is 24.0 Å². The molecule has 0 aliphatic carbocycles. The van der Waals surface area contributed by atoms with E-state index in [2.05, 4.69) is 10.6 Å². The minimum Gasteiger partial charge on any atom is -0.325 e. The molecule has 1 unspecified atom stereocenters. The largest absolute Gasteiger partial charge is 0.325 e. The zero-order valence-electron chi connectivity index (χ0n) is 16.0. The number of hydrogen-bond acceptors (Lipinski definition) is 5. The van der Waals surface area contributed by atoms with Crippen molar-refractivity contribution < 1.29 is 24.0 Å². The number of amides is 5. The Morgan fingerprint density at radius 2 is 1.74 bits per heavy atom. The molecule has 2 N–H and O–H groups in total. The van der Waals surface area contributed by atoms with Gasteiger partial charge in [-0.1, -0.05) is 43.8 Å². The van der Waals surface area contributed by atoms with Crippen LogP contribution in [0.3, 0.4) is 0 Å². The number of rotatable bonds is 5. The Kier molecular flexibility index (Phi) is 6.29. The van der Waals surface area contributed by atoms with Gasteiger partial charge < -0.3 is 5.32 Å². The molecule has 8 heteroatoms. The normalized spacial score (nSPS) is 17.7. The van der Waals surface area contributed by atoms with Gasteiger partial charge in [-0.3, -0.25) is 34.2 Å². The molecule has 1 saturated heterocycles. The van der Waals surface area contributed by atoms with Crippen LogP contribution < -0.4 is 10.6 Å². The zero-order chi connectivity index (χ0) is 21.3. The lowest BCUT2D eigenvalue weighted by Crippen LogP contribution is -2.54. The highest BCUT2D eigenvalue weighted by atomic mass is 16.2. The SMILES string of the molecule is C.O=C1CCC(N2C(=O)c3cccc(NC(=O)CCc4ccccc4)c3C2=O)C(=O)N1. The molecular formula is C23H23N3O5. The number of carbonyl (C=O) groups excluding carboxylic acids is 5. The number of anilines is 1. The highest BCUT2D eigenvalue weighted by Crippen LogP contribution is 2.32. The number of piperidine rings is 1. The van der Waals surface area contributed by atoms with E-state index in [-0.39, 0.29) is 49.4 Å². The molecule has 1 fully saturated rings. The fraction of sp³-hybridized carbons (Fsp3) is 0.261. The Labute approximate surface area is 179 Å². The molecule has 2 heterocycles. The van der Waals surface area contributed by atoms with Gasteiger partial charge in [0.2, 0.25) is 17.7 Å². The van der Waals surface area contributed by atoms with Crippen molar-refractivity contribution in [1.82, 2.24) is 10.2 Å². The predicted molar refractivity (Wildman–Crippen MR) is 113 cm³/mol. The summed E-state index contributed by atoms with van der Waals surface area (Å²) in [6.07, 6.45) is 0.880. The van der Waals surface area contributed by atoms with Gasteiger partial charge in [-0.25, -0.2) is 0 Å². The lowest BCUT2D eigenvalue weighted by molar-refractivity contribution is -0.136. The first-order chi connectivity index (χ1) is 14.5. The minimum absolute atomic E-state index is 0. The number of hydrogen-bond donors (Lipinski definition) is 2. The summed E-state index contributed by atoms with van der Waals surface area (Å²) in [5.41, 5.74) is 1.45. The Morgan fingerprint density at radius 1 is 1.00 bits per heavy atom. The van der Waals surface area contributed by atoms with Gasteiger partial charge in [0.15, 0.2) is 0 Å². The number of carbonyl (C=O) groups is 5. The van der Waals surface area contributed by atoms with Gasteiger partial charge >= 0.3 is 0 Å². The van der Waals surface area contributed by atoms with E-state index in [1.807, 2.05) is 30.3 Å². The van der Waals surface area contributed by atoms with E-state index in [0.717, 1.165) is 10.5 Å². The van der Waals surface area contributed by atoms with Crippen LogP contribution in [0.4, 0.5) is 5.69 Å². The first-order valence-corrected chi connectivity index (χ1v) is 9.64. The molecule has 2 aromatic rings. The molecule has 0 saturated carbocycles. The second-order valence-electron chi connectivity index (χ2n) is 7.21. The first-order valence-electron chi connectivity index (χ1n) is 9.64. The molecule has 4 rings (SSSR count). The van der Waals surface area contributed by atoms with E-state index in [0.29, 0.717) is 6.42 Å². The molecule has 0 aromatic heterocycles. The van der Waals surface area contributed by atoms with Crippen LogP contribution in [-0.4, -0.2) is 40.5 Å². The van der Waals surface area contributed by atoms with Crippen LogP contribution in [0, 0.1) is 0 Å². The molecule has 1 atom stereocenters. The summed E-state index contributed by atoms with van der Waals surface area (Å²) in [5, 5.41) is 4.87. The second kappa shape index (κ2) is 8.91. The zero-order valence-corrected chi connectivity index (χ0v) is 16.0. The van der Waals surface area contributed by atoms with Crippen LogP contribution in [-0.2, 0) is 20.8 Å². The Morgan fingerprint density at radius 3 is 2.45 bits per heavy atom. The van der Waals surface area contributed by atoms with E-state index in [4.69, 9.17) is 0 Å². The van der Waals surface area contributed by atoms with Crippen LogP contribution in [0.1, 0.15) is 53.0 Å². The molecule has 31 heavy (non-hydrogen) atoms. The maximum atomic E-state index is 13.0. The summed E-state index contributed by atoms with van der Waals surface area (Å²) in [6.45, 7) is 0. The molecule has 0 radical (unpaired) electrons. The molecule has 0 spiro atoms. The van der Waals surface area contributed by atoms with Crippen molar-refractivity contribution in [2.75, 3.05) is 5.32 Å². The monoisotopic (exact) mass is 421 g/mol.